The van der Waals surface area contributed by atoms with Gasteiger partial charge < -0.3 is 15.7 Å². The number of nitrogens with one attached hydrogen (secondary N) is 3. The number of H-pyrrole nitrogens is 1. The number of hydrogen-bond acceptors (Lipinski definition) is 4. The van der Waals surface area contributed by atoms with Crippen molar-refractivity contribution in [1.29, 1.82) is 0 Å². The molecule has 1 aromatic rings. The number of carbonyl (C=O) groups is 1. The van der Waals surface area contributed by atoms with Crippen molar-refractivity contribution in [2.24, 2.45) is 5.92 Å². The maximum Gasteiger partial charge on any atom is 0.272 e. The van der Waals surface area contributed by atoms with Gasteiger partial charge in [0.2, 0.25) is 0 Å². The van der Waals surface area contributed by atoms with Crippen molar-refractivity contribution in [1.82, 2.24) is 20.8 Å². The molecular formula is C12H20N4O2. The molecule has 6 heteroatoms. The van der Waals surface area contributed by atoms with Crippen molar-refractivity contribution in [2.45, 2.75) is 32.9 Å². The summed E-state index contributed by atoms with van der Waals surface area (Å²) in [5, 5.41) is 22.6. The molecule has 0 bridgehead atoms. The van der Waals surface area contributed by atoms with Gasteiger partial charge in [0.05, 0.1) is 6.10 Å². The van der Waals surface area contributed by atoms with Crippen molar-refractivity contribution < 1.29 is 9.90 Å². The lowest BCUT2D eigenvalue weighted by molar-refractivity contribution is 0.0866. The molecule has 1 atom stereocenters. The van der Waals surface area contributed by atoms with Gasteiger partial charge in [-0.25, -0.2) is 0 Å². The average Bonchev–Trinajstić information content (AvgIpc) is 2.79. The second-order valence-electron chi connectivity index (χ2n) is 4.98. The molecule has 6 nitrogen and oxygen atoms in total. The number of aromatic amines is 1. The highest BCUT2D eigenvalue weighted by molar-refractivity contribution is 5.94. The number of nitrogens with zero attached hydrogens (tertiary/aromatic N) is 1. The van der Waals surface area contributed by atoms with Crippen LogP contribution in [0.5, 0.6) is 0 Å². The molecule has 100 valence electrons. The number of carbonyl (C=O) groups excluding carboxylic acids is 1. The maximum atomic E-state index is 12.0. The minimum Gasteiger partial charge on any atom is -0.391 e. The summed E-state index contributed by atoms with van der Waals surface area (Å²) in [6.45, 7) is 5.66. The van der Waals surface area contributed by atoms with Crippen LogP contribution in [0.1, 0.15) is 35.6 Å². The molecule has 4 N–H and O–H groups in total. The van der Waals surface area contributed by atoms with E-state index in [-0.39, 0.29) is 18.4 Å². The van der Waals surface area contributed by atoms with E-state index in [9.17, 15) is 9.90 Å². The summed E-state index contributed by atoms with van der Waals surface area (Å²) >= 11 is 0. The lowest BCUT2D eigenvalue weighted by Crippen LogP contribution is -2.35. The Morgan fingerprint density at radius 2 is 2.33 bits per heavy atom. The zero-order valence-corrected chi connectivity index (χ0v) is 10.8. The molecule has 1 unspecified atom stereocenters. The lowest BCUT2D eigenvalue weighted by Gasteiger charge is -2.16. The van der Waals surface area contributed by atoms with Crippen LogP contribution in [0.4, 0.5) is 0 Å². The van der Waals surface area contributed by atoms with E-state index < -0.39 is 6.10 Å². The van der Waals surface area contributed by atoms with Crippen LogP contribution in [-0.4, -0.2) is 40.4 Å². The molecule has 1 aliphatic rings. The predicted octanol–water partition coefficient (Wildman–Crippen LogP) is -0.198. The largest absolute Gasteiger partial charge is 0.391 e. The molecule has 1 amide bonds. The van der Waals surface area contributed by atoms with Gasteiger partial charge in [-0.15, -0.1) is 0 Å². The maximum absolute atomic E-state index is 12.0. The van der Waals surface area contributed by atoms with Crippen LogP contribution in [-0.2, 0) is 13.0 Å². The summed E-state index contributed by atoms with van der Waals surface area (Å²) in [5.74, 6) is -0.101. The Morgan fingerprint density at radius 1 is 1.56 bits per heavy atom. The third-order valence-corrected chi connectivity index (χ3v) is 3.26. The molecule has 0 radical (unpaired) electrons. The number of amides is 1. The molecule has 1 aliphatic heterocycles. The van der Waals surface area contributed by atoms with E-state index in [0.717, 1.165) is 24.2 Å². The molecule has 2 rings (SSSR count). The Labute approximate surface area is 106 Å². The van der Waals surface area contributed by atoms with E-state index in [2.05, 4.69) is 20.8 Å². The number of aliphatic hydroxyl groups is 1. The predicted molar refractivity (Wildman–Crippen MR) is 67.2 cm³/mol. The summed E-state index contributed by atoms with van der Waals surface area (Å²) in [6.07, 6.45) is 0.339. The van der Waals surface area contributed by atoms with Crippen LogP contribution in [0, 0.1) is 5.92 Å². The Kier molecular flexibility index (Phi) is 3.98. The van der Waals surface area contributed by atoms with E-state index in [1.165, 1.54) is 0 Å². The summed E-state index contributed by atoms with van der Waals surface area (Å²) in [5.41, 5.74) is 2.41. The third-order valence-electron chi connectivity index (χ3n) is 3.26. The van der Waals surface area contributed by atoms with Crippen LogP contribution in [0.3, 0.4) is 0 Å². The molecule has 0 fully saturated rings. The molecule has 0 saturated heterocycles. The SMILES string of the molecule is CC(C)C(O)CNC(=O)c1n[nH]c2c1CNCC2. The smallest absolute Gasteiger partial charge is 0.272 e. The molecule has 0 aromatic carbocycles. The zero-order valence-electron chi connectivity index (χ0n) is 10.8. The van der Waals surface area contributed by atoms with E-state index in [4.69, 9.17) is 0 Å². The van der Waals surface area contributed by atoms with Crippen molar-refractivity contribution in [3.8, 4) is 0 Å². The van der Waals surface area contributed by atoms with E-state index in [1.54, 1.807) is 0 Å². The highest BCUT2D eigenvalue weighted by Gasteiger charge is 2.22. The Hall–Kier alpha value is -1.40. The van der Waals surface area contributed by atoms with E-state index in [0.29, 0.717) is 12.2 Å². The van der Waals surface area contributed by atoms with Gasteiger partial charge in [-0.2, -0.15) is 5.10 Å². The first-order chi connectivity index (χ1) is 8.59. The van der Waals surface area contributed by atoms with Crippen LogP contribution >= 0.6 is 0 Å². The number of aliphatic hydroxyl groups excluding tert-OH is 1. The van der Waals surface area contributed by atoms with Crippen LogP contribution in [0.15, 0.2) is 0 Å². The fraction of sp³-hybridized carbons (Fsp3) is 0.667. The van der Waals surface area contributed by atoms with Gasteiger partial charge in [-0.05, 0) is 5.92 Å². The van der Waals surface area contributed by atoms with Gasteiger partial charge in [-0.1, -0.05) is 13.8 Å². The Bertz CT molecular complexity index is 428. The van der Waals surface area contributed by atoms with Gasteiger partial charge in [0.25, 0.3) is 5.91 Å². The second kappa shape index (κ2) is 5.49. The fourth-order valence-corrected chi connectivity index (χ4v) is 1.93. The normalized spacial score (nSPS) is 16.4. The minimum absolute atomic E-state index is 0.125. The number of fused-ring (bicyclic) bond motifs is 1. The van der Waals surface area contributed by atoms with Gasteiger partial charge >= 0.3 is 0 Å². The standard InChI is InChI=1S/C12H20N4O2/c1-7(2)10(17)6-14-12(18)11-8-5-13-4-3-9(8)15-16-11/h7,10,13,17H,3-6H2,1-2H3,(H,14,18)(H,15,16). The molecule has 18 heavy (non-hydrogen) atoms. The van der Waals surface area contributed by atoms with E-state index >= 15 is 0 Å². The number of aromatic nitrogens is 2. The minimum atomic E-state index is -0.526. The Balaban J connectivity index is 1.99. The average molecular weight is 252 g/mol. The zero-order chi connectivity index (χ0) is 13.1. The van der Waals surface area contributed by atoms with Gasteiger partial charge in [0.15, 0.2) is 5.69 Å². The second-order valence-corrected chi connectivity index (χ2v) is 4.98. The third kappa shape index (κ3) is 2.70. The van der Waals surface area contributed by atoms with Crippen LogP contribution in [0.2, 0.25) is 0 Å². The van der Waals surface area contributed by atoms with Crippen molar-refractivity contribution in [3.63, 3.8) is 0 Å². The first-order valence-electron chi connectivity index (χ1n) is 6.32. The summed E-state index contributed by atoms with van der Waals surface area (Å²) < 4.78 is 0. The monoisotopic (exact) mass is 252 g/mol. The van der Waals surface area contributed by atoms with Gasteiger partial charge in [0.1, 0.15) is 0 Å². The molecule has 0 spiro atoms. The van der Waals surface area contributed by atoms with Crippen molar-refractivity contribution in [2.75, 3.05) is 13.1 Å². The quantitative estimate of drug-likeness (QED) is 0.597. The molecule has 0 aliphatic carbocycles. The van der Waals surface area contributed by atoms with Crippen LogP contribution in [0.25, 0.3) is 0 Å². The molecular weight excluding hydrogens is 232 g/mol. The summed E-state index contributed by atoms with van der Waals surface area (Å²) in [7, 11) is 0. The number of hydrogen-bond donors (Lipinski definition) is 4. The highest BCUT2D eigenvalue weighted by Crippen LogP contribution is 2.15. The van der Waals surface area contributed by atoms with Crippen molar-refractivity contribution in [3.05, 3.63) is 17.0 Å². The lowest BCUT2D eigenvalue weighted by atomic mass is 10.1. The summed E-state index contributed by atoms with van der Waals surface area (Å²) in [6, 6.07) is 0. The molecule has 0 saturated carbocycles. The molecule has 2 heterocycles. The number of rotatable bonds is 4. The van der Waals surface area contributed by atoms with Gasteiger partial charge in [-0.3, -0.25) is 9.89 Å². The first-order valence-corrected chi connectivity index (χ1v) is 6.32. The Morgan fingerprint density at radius 3 is 3.06 bits per heavy atom. The summed E-state index contributed by atoms with van der Waals surface area (Å²) in [4.78, 5) is 12.0. The van der Waals surface area contributed by atoms with Crippen LogP contribution < -0.4 is 10.6 Å². The highest BCUT2D eigenvalue weighted by atomic mass is 16.3. The van der Waals surface area contributed by atoms with Gasteiger partial charge in [0, 0.05) is 37.3 Å². The first kappa shape index (κ1) is 13.0. The molecule has 1 aromatic heterocycles. The fourth-order valence-electron chi connectivity index (χ4n) is 1.93. The topological polar surface area (TPSA) is 90.0 Å². The van der Waals surface area contributed by atoms with E-state index in [1.807, 2.05) is 13.8 Å². The van der Waals surface area contributed by atoms with Crippen molar-refractivity contribution >= 4 is 5.91 Å².